The van der Waals surface area contributed by atoms with Crippen LogP contribution < -0.4 is 11.1 Å². The van der Waals surface area contributed by atoms with E-state index in [1.54, 1.807) is 4.90 Å². The maximum Gasteiger partial charge on any atom is 0.418 e. The molecule has 254 valence electrons. The number of halogens is 4. The van der Waals surface area contributed by atoms with Crippen molar-refractivity contribution in [3.63, 3.8) is 0 Å². The largest absolute Gasteiger partial charge is 0.436 e. The van der Waals surface area contributed by atoms with Crippen LogP contribution in [-0.4, -0.2) is 97.2 Å². The predicted octanol–water partition coefficient (Wildman–Crippen LogP) is 4.69. The summed E-state index contributed by atoms with van der Waals surface area (Å²) in [5.41, 5.74) is 5.37. The second kappa shape index (κ2) is 13.5. The molecule has 0 unspecified atom stereocenters. The fraction of sp³-hybridized carbons (Fsp3) is 0.545. The Morgan fingerprint density at radius 2 is 1.72 bits per heavy atom. The molecule has 0 aromatic heterocycles. The van der Waals surface area contributed by atoms with Gasteiger partial charge in [0.25, 0.3) is 5.91 Å². The van der Waals surface area contributed by atoms with Crippen LogP contribution in [0.5, 0.6) is 0 Å². The highest BCUT2D eigenvalue weighted by Gasteiger charge is 2.44. The molecule has 0 aliphatic carbocycles. The zero-order valence-electron chi connectivity index (χ0n) is 26.0. The minimum atomic E-state index is -4.76. The molecule has 1 atom stereocenters. The van der Waals surface area contributed by atoms with Crippen LogP contribution in [0.1, 0.15) is 48.8 Å². The van der Waals surface area contributed by atoms with Crippen LogP contribution in [0.3, 0.4) is 0 Å². The molecule has 0 radical (unpaired) electrons. The number of benzene rings is 2. The van der Waals surface area contributed by atoms with Crippen LogP contribution in [-0.2, 0) is 37.1 Å². The Balaban J connectivity index is 1.18. The number of likely N-dealkylation sites (tertiary alicyclic amines) is 2. The Kier molecular flexibility index (Phi) is 9.59. The molecule has 3 saturated heterocycles. The Morgan fingerprint density at radius 1 is 1.04 bits per heavy atom. The fourth-order valence-electron chi connectivity index (χ4n) is 7.43. The number of hydrogen-bond donors (Lipinski definition) is 2. The monoisotopic (exact) mass is 677 g/mol. The molecule has 3 fully saturated rings. The van der Waals surface area contributed by atoms with Gasteiger partial charge in [-0.05, 0) is 55.0 Å². The van der Waals surface area contributed by atoms with Gasteiger partial charge >= 0.3 is 12.3 Å². The molecule has 10 nitrogen and oxygen atoms in total. The van der Waals surface area contributed by atoms with Crippen LogP contribution in [0.15, 0.2) is 36.4 Å². The molecule has 4 heterocycles. The van der Waals surface area contributed by atoms with Gasteiger partial charge in [-0.1, -0.05) is 29.8 Å². The molecule has 2 aromatic carbocycles. The van der Waals surface area contributed by atoms with E-state index in [-0.39, 0.29) is 36.0 Å². The summed E-state index contributed by atoms with van der Waals surface area (Å²) in [6.45, 7) is 4.42. The maximum atomic E-state index is 13.9. The zero-order chi connectivity index (χ0) is 33.3. The predicted molar refractivity (Wildman–Crippen MR) is 169 cm³/mol. The molecular weight excluding hydrogens is 639 g/mol. The van der Waals surface area contributed by atoms with Gasteiger partial charge < -0.3 is 30.3 Å². The first-order valence-electron chi connectivity index (χ1n) is 16.0. The molecule has 0 saturated carbocycles. The fourth-order valence-corrected chi connectivity index (χ4v) is 7.67. The van der Waals surface area contributed by atoms with Crippen LogP contribution in [0.25, 0.3) is 0 Å². The van der Waals surface area contributed by atoms with Crippen LogP contribution in [0.2, 0.25) is 5.02 Å². The van der Waals surface area contributed by atoms with Gasteiger partial charge in [0.05, 0.1) is 29.5 Å². The smallest absolute Gasteiger partial charge is 0.418 e. The molecule has 1 spiro atoms. The minimum Gasteiger partial charge on any atom is -0.436 e. The number of para-hydroxylation sites is 1. The number of morpholine rings is 1. The molecule has 4 aliphatic rings. The van der Waals surface area contributed by atoms with Crippen LogP contribution in [0, 0.1) is 0 Å². The number of ether oxygens (including phenoxy) is 2. The van der Waals surface area contributed by atoms with Gasteiger partial charge in [0, 0.05) is 69.3 Å². The van der Waals surface area contributed by atoms with Gasteiger partial charge in [0.15, 0.2) is 6.10 Å². The number of carbonyl (C=O) groups is 3. The summed E-state index contributed by atoms with van der Waals surface area (Å²) < 4.78 is 52.6. The highest BCUT2D eigenvalue weighted by molar-refractivity contribution is 6.33. The van der Waals surface area contributed by atoms with E-state index in [2.05, 4.69) is 10.2 Å². The van der Waals surface area contributed by atoms with E-state index < -0.39 is 40.9 Å². The van der Waals surface area contributed by atoms with Crippen molar-refractivity contribution in [2.24, 2.45) is 0 Å². The van der Waals surface area contributed by atoms with Crippen molar-refractivity contribution in [1.29, 1.82) is 0 Å². The lowest BCUT2D eigenvalue weighted by Crippen LogP contribution is -2.53. The minimum absolute atomic E-state index is 0.0771. The lowest BCUT2D eigenvalue weighted by atomic mass is 9.68. The summed E-state index contributed by atoms with van der Waals surface area (Å²) in [4.78, 5) is 45.5. The third-order valence-corrected chi connectivity index (χ3v) is 10.3. The molecule has 47 heavy (non-hydrogen) atoms. The standard InChI is InChI=1S/C33H39ClF3N5O5/c34-25-18-21(17-24(29(25)38)33(35,36)37)19-27(30(44)41-9-5-22(6-10-41)40-13-15-46-16-14-40)47-31(45)42-11-7-32(8-12-42)20-28(43)39-26-4-2-1-3-23(26)32/h1-4,17-18,22,27H,5-16,19-20,38H2,(H,39,43)/t27-/m1/s1. The van der Waals surface area contributed by atoms with Crippen molar-refractivity contribution in [3.05, 3.63) is 58.1 Å². The number of hydrogen-bond acceptors (Lipinski definition) is 7. The quantitative estimate of drug-likeness (QED) is 0.441. The van der Waals surface area contributed by atoms with E-state index in [1.807, 2.05) is 24.3 Å². The molecule has 2 aromatic rings. The SMILES string of the molecule is Nc1c(Cl)cc(C[C@@H](OC(=O)N2CCC3(CC2)CC(=O)Nc2ccccc23)C(=O)N2CCC(N3CCOCC3)CC2)cc1C(F)(F)F. The number of nitrogens with one attached hydrogen (secondary N) is 1. The Morgan fingerprint density at radius 3 is 2.40 bits per heavy atom. The number of fused-ring (bicyclic) bond motifs is 2. The number of nitrogen functional groups attached to an aromatic ring is 1. The summed E-state index contributed by atoms with van der Waals surface area (Å²) in [6.07, 6.45) is -4.39. The number of nitrogens with zero attached hydrogens (tertiary/aromatic N) is 3. The van der Waals surface area contributed by atoms with Crippen molar-refractivity contribution >= 4 is 40.9 Å². The molecule has 0 bridgehead atoms. The number of piperidine rings is 2. The van der Waals surface area contributed by atoms with Gasteiger partial charge in [-0.3, -0.25) is 14.5 Å². The van der Waals surface area contributed by atoms with Crippen LogP contribution >= 0.6 is 11.6 Å². The number of rotatable bonds is 5. The lowest BCUT2D eigenvalue weighted by molar-refractivity contribution is -0.143. The van der Waals surface area contributed by atoms with Gasteiger partial charge in [-0.15, -0.1) is 0 Å². The summed E-state index contributed by atoms with van der Waals surface area (Å²) in [7, 11) is 0. The third kappa shape index (κ3) is 7.17. The molecule has 6 rings (SSSR count). The van der Waals surface area contributed by atoms with Gasteiger partial charge in [-0.2, -0.15) is 13.2 Å². The van der Waals surface area contributed by atoms with E-state index in [0.717, 1.165) is 43.2 Å². The normalized spacial score (nSPS) is 21.2. The lowest BCUT2D eigenvalue weighted by Gasteiger charge is -2.44. The molecule has 3 N–H and O–H groups in total. The Labute approximate surface area is 276 Å². The average molecular weight is 678 g/mol. The van der Waals surface area contributed by atoms with E-state index in [0.29, 0.717) is 51.6 Å². The van der Waals surface area contributed by atoms with Gasteiger partial charge in [0.1, 0.15) is 0 Å². The number of amides is 3. The topological polar surface area (TPSA) is 117 Å². The second-order valence-corrected chi connectivity index (χ2v) is 13.3. The van der Waals surface area contributed by atoms with Crippen molar-refractivity contribution < 1.29 is 37.0 Å². The van der Waals surface area contributed by atoms with E-state index in [9.17, 15) is 27.6 Å². The number of nitrogens with two attached hydrogens (primary N) is 1. The van der Waals surface area contributed by atoms with Crippen molar-refractivity contribution in [3.8, 4) is 0 Å². The third-order valence-electron chi connectivity index (χ3n) is 10.0. The summed E-state index contributed by atoms with van der Waals surface area (Å²) in [5.74, 6) is -0.546. The highest BCUT2D eigenvalue weighted by atomic mass is 35.5. The summed E-state index contributed by atoms with van der Waals surface area (Å²) in [6, 6.07) is 10.1. The maximum absolute atomic E-state index is 13.9. The van der Waals surface area contributed by atoms with Gasteiger partial charge in [-0.25, -0.2) is 4.79 Å². The highest BCUT2D eigenvalue weighted by Crippen LogP contribution is 2.45. The Hall–Kier alpha value is -3.55. The van der Waals surface area contributed by atoms with E-state index in [1.165, 1.54) is 11.0 Å². The second-order valence-electron chi connectivity index (χ2n) is 12.9. The van der Waals surface area contributed by atoms with Crippen LogP contribution in [0.4, 0.5) is 29.3 Å². The molecule has 4 aliphatic heterocycles. The first kappa shape index (κ1) is 33.4. The van der Waals surface area contributed by atoms with Gasteiger partial charge in [0.2, 0.25) is 5.91 Å². The first-order chi connectivity index (χ1) is 22.4. The summed E-state index contributed by atoms with van der Waals surface area (Å²) >= 11 is 6.09. The average Bonchev–Trinajstić information content (AvgIpc) is 3.06. The van der Waals surface area contributed by atoms with Crippen molar-refractivity contribution in [2.45, 2.75) is 62.3 Å². The number of alkyl halides is 3. The van der Waals surface area contributed by atoms with E-state index >= 15 is 0 Å². The van der Waals surface area contributed by atoms with Crippen molar-refractivity contribution in [1.82, 2.24) is 14.7 Å². The molecular formula is C33H39ClF3N5O5. The first-order valence-corrected chi connectivity index (χ1v) is 16.4. The zero-order valence-corrected chi connectivity index (χ0v) is 26.7. The number of anilines is 2. The Bertz CT molecular complexity index is 1500. The molecule has 3 amide bonds. The number of carbonyl (C=O) groups excluding carboxylic acids is 3. The summed E-state index contributed by atoms with van der Waals surface area (Å²) in [5, 5.41) is 2.62. The van der Waals surface area contributed by atoms with Crippen molar-refractivity contribution in [2.75, 3.05) is 63.5 Å². The van der Waals surface area contributed by atoms with E-state index in [4.69, 9.17) is 26.8 Å². The molecule has 14 heteroatoms.